The van der Waals surface area contributed by atoms with E-state index in [4.69, 9.17) is 0 Å². The van der Waals surface area contributed by atoms with E-state index in [2.05, 4.69) is 20.3 Å². The third-order valence-electron chi connectivity index (χ3n) is 4.33. The number of carbonyl (C=O) groups excluding carboxylic acids is 2. The first-order chi connectivity index (χ1) is 13.8. The summed E-state index contributed by atoms with van der Waals surface area (Å²) in [6.07, 6.45) is 0.798. The lowest BCUT2D eigenvalue weighted by atomic mass is 10.1. The van der Waals surface area contributed by atoms with Gasteiger partial charge in [0.25, 0.3) is 15.9 Å². The number of hydrogen-bond acceptors (Lipinski definition) is 5. The maximum atomic E-state index is 12.6. The Kier molecular flexibility index (Phi) is 5.97. The van der Waals surface area contributed by atoms with E-state index >= 15 is 0 Å². The van der Waals surface area contributed by atoms with Crippen molar-refractivity contribution < 1.29 is 18.0 Å². The van der Waals surface area contributed by atoms with Gasteiger partial charge in [0, 0.05) is 12.1 Å². The summed E-state index contributed by atoms with van der Waals surface area (Å²) in [5.74, 6) is -0.617. The molecule has 1 aliphatic heterocycles. The van der Waals surface area contributed by atoms with Crippen LogP contribution in [-0.4, -0.2) is 38.7 Å². The van der Waals surface area contributed by atoms with E-state index in [0.29, 0.717) is 23.4 Å². The predicted molar refractivity (Wildman–Crippen MR) is 110 cm³/mol. The molecule has 3 rings (SSSR count). The van der Waals surface area contributed by atoms with E-state index in [1.165, 1.54) is 6.07 Å². The zero-order valence-electron chi connectivity index (χ0n) is 16.1. The van der Waals surface area contributed by atoms with Crippen LogP contribution in [-0.2, 0) is 14.8 Å². The summed E-state index contributed by atoms with van der Waals surface area (Å²) in [5.41, 5.74) is 1.14. The van der Waals surface area contributed by atoms with Crippen LogP contribution in [0.25, 0.3) is 0 Å². The standard InChI is InChI=1S/C20H22N4O4S/c1-3-12-21-20(26)14-8-4-6-10-16(14)23-19(25)13(2)22-18-15-9-5-7-11-17(15)29(27,28)24-18/h4-11,13H,3,12H2,1-2H3,(H,21,26)(H,22,24)(H,23,25). The molecule has 0 aromatic heterocycles. The molecule has 2 aromatic rings. The fraction of sp³-hybridized carbons (Fsp3) is 0.250. The summed E-state index contributed by atoms with van der Waals surface area (Å²) < 4.78 is 26.7. The molecule has 1 atom stereocenters. The lowest BCUT2D eigenvalue weighted by Gasteiger charge is -2.13. The first-order valence-corrected chi connectivity index (χ1v) is 10.7. The van der Waals surface area contributed by atoms with Gasteiger partial charge in [-0.05, 0) is 37.6 Å². The molecule has 1 aliphatic rings. The molecule has 0 spiro atoms. The van der Waals surface area contributed by atoms with Crippen LogP contribution in [0.2, 0.25) is 0 Å². The van der Waals surface area contributed by atoms with Crippen molar-refractivity contribution in [1.29, 1.82) is 0 Å². The molecular formula is C20H22N4O4S. The van der Waals surface area contributed by atoms with Gasteiger partial charge in [0.2, 0.25) is 5.91 Å². The first-order valence-electron chi connectivity index (χ1n) is 9.21. The van der Waals surface area contributed by atoms with E-state index < -0.39 is 22.0 Å². The average molecular weight is 414 g/mol. The van der Waals surface area contributed by atoms with Crippen LogP contribution < -0.4 is 15.4 Å². The quantitative estimate of drug-likeness (QED) is 0.669. The highest BCUT2D eigenvalue weighted by Gasteiger charge is 2.31. The van der Waals surface area contributed by atoms with Crippen molar-refractivity contribution in [3.63, 3.8) is 0 Å². The van der Waals surface area contributed by atoms with Gasteiger partial charge in [-0.25, -0.2) is 8.42 Å². The number of nitrogens with one attached hydrogen (secondary N) is 3. The summed E-state index contributed by atoms with van der Waals surface area (Å²) >= 11 is 0. The zero-order valence-corrected chi connectivity index (χ0v) is 16.9. The van der Waals surface area contributed by atoms with Gasteiger partial charge in [-0.15, -0.1) is 0 Å². The lowest BCUT2D eigenvalue weighted by molar-refractivity contribution is -0.117. The van der Waals surface area contributed by atoms with Gasteiger partial charge in [0.1, 0.15) is 11.9 Å². The molecule has 1 heterocycles. The number of sulfonamides is 1. The van der Waals surface area contributed by atoms with Gasteiger partial charge in [-0.3, -0.25) is 19.3 Å². The Labute approximate surface area is 169 Å². The Bertz CT molecular complexity index is 1080. The number of carbonyl (C=O) groups is 2. The minimum Gasteiger partial charge on any atom is -0.352 e. The number of para-hydroxylation sites is 1. The molecule has 2 amide bonds. The highest BCUT2D eigenvalue weighted by atomic mass is 32.2. The minimum atomic E-state index is -3.68. The van der Waals surface area contributed by atoms with E-state index in [-0.39, 0.29) is 16.6 Å². The fourth-order valence-corrected chi connectivity index (χ4v) is 4.08. The van der Waals surface area contributed by atoms with Crippen molar-refractivity contribution in [2.24, 2.45) is 4.99 Å². The first kappa shape index (κ1) is 20.5. The topological polar surface area (TPSA) is 117 Å². The third kappa shape index (κ3) is 4.45. The SMILES string of the molecule is CCCNC(=O)c1ccccc1NC(=O)C(C)N=C1NS(=O)(=O)c2ccccc21. The Morgan fingerprint density at radius 3 is 2.55 bits per heavy atom. The van der Waals surface area contributed by atoms with Crippen LogP contribution in [0.1, 0.15) is 36.2 Å². The van der Waals surface area contributed by atoms with Crippen LogP contribution >= 0.6 is 0 Å². The molecule has 0 saturated heterocycles. The molecule has 3 N–H and O–H groups in total. The molecule has 0 radical (unpaired) electrons. The Morgan fingerprint density at radius 2 is 1.79 bits per heavy atom. The Hall–Kier alpha value is -3.20. The summed E-state index contributed by atoms with van der Waals surface area (Å²) in [5, 5.41) is 5.48. The maximum Gasteiger partial charge on any atom is 0.263 e. The molecule has 2 aromatic carbocycles. The van der Waals surface area contributed by atoms with Crippen molar-refractivity contribution in [1.82, 2.24) is 10.0 Å². The third-order valence-corrected chi connectivity index (χ3v) is 5.73. The minimum absolute atomic E-state index is 0.122. The number of benzene rings is 2. The normalized spacial score (nSPS) is 16.6. The van der Waals surface area contributed by atoms with E-state index in [0.717, 1.165) is 6.42 Å². The van der Waals surface area contributed by atoms with E-state index in [9.17, 15) is 18.0 Å². The number of amides is 2. The molecule has 152 valence electrons. The Morgan fingerprint density at radius 1 is 1.10 bits per heavy atom. The van der Waals surface area contributed by atoms with Gasteiger partial charge in [0.05, 0.1) is 16.1 Å². The second-order valence-corrected chi connectivity index (χ2v) is 8.20. The average Bonchev–Trinajstić information content (AvgIpc) is 2.96. The molecule has 29 heavy (non-hydrogen) atoms. The highest BCUT2D eigenvalue weighted by molar-refractivity contribution is 7.90. The van der Waals surface area contributed by atoms with Crippen LogP contribution in [0.3, 0.4) is 0 Å². The molecule has 0 saturated carbocycles. The predicted octanol–water partition coefficient (Wildman–Crippen LogP) is 1.89. The van der Waals surface area contributed by atoms with Gasteiger partial charge in [0.15, 0.2) is 0 Å². The second kappa shape index (κ2) is 8.44. The van der Waals surface area contributed by atoms with Gasteiger partial charge in [-0.2, -0.15) is 0 Å². The molecule has 8 nitrogen and oxygen atoms in total. The number of rotatable bonds is 6. The van der Waals surface area contributed by atoms with Crippen LogP contribution in [0.4, 0.5) is 5.69 Å². The van der Waals surface area contributed by atoms with Crippen LogP contribution in [0.15, 0.2) is 58.4 Å². The molecule has 1 unspecified atom stereocenters. The van der Waals surface area contributed by atoms with Gasteiger partial charge in [-0.1, -0.05) is 31.2 Å². The van der Waals surface area contributed by atoms with Crippen molar-refractivity contribution >= 4 is 33.4 Å². The molecule has 0 aliphatic carbocycles. The zero-order chi connectivity index (χ0) is 21.0. The van der Waals surface area contributed by atoms with Crippen molar-refractivity contribution in [3.8, 4) is 0 Å². The molecule has 9 heteroatoms. The van der Waals surface area contributed by atoms with Crippen molar-refractivity contribution in [2.75, 3.05) is 11.9 Å². The second-order valence-electron chi connectivity index (χ2n) is 6.55. The summed E-state index contributed by atoms with van der Waals surface area (Å²) in [6.45, 7) is 4.03. The van der Waals surface area contributed by atoms with Crippen molar-refractivity contribution in [2.45, 2.75) is 31.2 Å². The van der Waals surface area contributed by atoms with Gasteiger partial charge >= 0.3 is 0 Å². The highest BCUT2D eigenvalue weighted by Crippen LogP contribution is 2.23. The van der Waals surface area contributed by atoms with Gasteiger partial charge < -0.3 is 10.6 Å². The maximum absolute atomic E-state index is 12.6. The Balaban J connectivity index is 1.80. The fourth-order valence-electron chi connectivity index (χ4n) is 2.84. The smallest absolute Gasteiger partial charge is 0.263 e. The number of nitrogens with zero attached hydrogens (tertiary/aromatic N) is 1. The van der Waals surface area contributed by atoms with E-state index in [1.54, 1.807) is 49.4 Å². The summed E-state index contributed by atoms with van der Waals surface area (Å²) in [7, 11) is -3.68. The van der Waals surface area contributed by atoms with E-state index in [1.807, 2.05) is 6.92 Å². The monoisotopic (exact) mass is 414 g/mol. The molecule has 0 fully saturated rings. The van der Waals surface area contributed by atoms with Crippen LogP contribution in [0, 0.1) is 0 Å². The largest absolute Gasteiger partial charge is 0.352 e. The van der Waals surface area contributed by atoms with Crippen LogP contribution in [0.5, 0.6) is 0 Å². The summed E-state index contributed by atoms with van der Waals surface area (Å²) in [4.78, 5) is 29.3. The lowest BCUT2D eigenvalue weighted by Crippen LogP contribution is -2.30. The van der Waals surface area contributed by atoms with Crippen molar-refractivity contribution in [3.05, 3.63) is 59.7 Å². The number of anilines is 1. The number of amidine groups is 1. The number of aliphatic imine (C=N–C) groups is 1. The number of hydrogen-bond donors (Lipinski definition) is 3. The summed E-state index contributed by atoms with van der Waals surface area (Å²) in [6, 6.07) is 12.2. The molecule has 0 bridgehead atoms. The number of fused-ring (bicyclic) bond motifs is 1. The molecular weight excluding hydrogens is 392 g/mol.